The third-order valence-corrected chi connectivity index (χ3v) is 3.99. The lowest BCUT2D eigenvalue weighted by molar-refractivity contribution is -0.130. The Balaban J connectivity index is 3.02. The van der Waals surface area contributed by atoms with Crippen molar-refractivity contribution in [3.05, 3.63) is 22.2 Å². The smallest absolute Gasteiger partial charge is 0.261 e. The first kappa shape index (κ1) is 16.4. The van der Waals surface area contributed by atoms with E-state index in [9.17, 15) is 13.2 Å². The molecular formula is C10H10Cl3NO4S. The molecule has 0 saturated carbocycles. The van der Waals surface area contributed by atoms with Crippen LogP contribution in [0.25, 0.3) is 0 Å². The van der Waals surface area contributed by atoms with E-state index < -0.39 is 9.05 Å². The van der Waals surface area contributed by atoms with Crippen LogP contribution in [0.3, 0.4) is 0 Å². The average Bonchev–Trinajstić information content (AvgIpc) is 2.25. The van der Waals surface area contributed by atoms with Crippen molar-refractivity contribution in [3.8, 4) is 5.75 Å². The number of likely N-dealkylation sites (N-methyl/N-ethyl adjacent to an activating group) is 1. The molecule has 0 heterocycles. The van der Waals surface area contributed by atoms with E-state index in [0.29, 0.717) is 0 Å². The molecule has 0 aromatic heterocycles. The molecule has 1 rings (SSSR count). The molecule has 0 spiro atoms. The second kappa shape index (κ2) is 6.17. The fourth-order valence-corrected chi connectivity index (χ4v) is 2.59. The predicted octanol–water partition coefficient (Wildman–Crippen LogP) is 2.39. The van der Waals surface area contributed by atoms with Gasteiger partial charge >= 0.3 is 0 Å². The number of carbonyl (C=O) groups excluding carboxylic acids is 1. The van der Waals surface area contributed by atoms with Crippen LogP contribution in [-0.4, -0.2) is 39.9 Å². The van der Waals surface area contributed by atoms with Gasteiger partial charge in [0.2, 0.25) is 0 Å². The van der Waals surface area contributed by atoms with Crippen LogP contribution in [0.1, 0.15) is 0 Å². The highest BCUT2D eigenvalue weighted by Crippen LogP contribution is 2.36. The third-order valence-electron chi connectivity index (χ3n) is 2.09. The summed E-state index contributed by atoms with van der Waals surface area (Å²) in [5.41, 5.74) is 0. The summed E-state index contributed by atoms with van der Waals surface area (Å²) in [4.78, 5) is 12.5. The topological polar surface area (TPSA) is 63.7 Å². The third kappa shape index (κ3) is 4.42. The van der Waals surface area contributed by atoms with Crippen LogP contribution in [-0.2, 0) is 13.8 Å². The van der Waals surface area contributed by atoms with E-state index in [1.807, 2.05) is 0 Å². The zero-order chi connectivity index (χ0) is 14.8. The second-order valence-corrected chi connectivity index (χ2v) is 7.11. The Labute approximate surface area is 125 Å². The van der Waals surface area contributed by atoms with Crippen molar-refractivity contribution < 1.29 is 17.9 Å². The molecular weight excluding hydrogens is 337 g/mol. The van der Waals surface area contributed by atoms with Gasteiger partial charge in [-0.05, 0) is 12.1 Å². The molecule has 0 bridgehead atoms. The summed E-state index contributed by atoms with van der Waals surface area (Å²) in [6.45, 7) is -0.264. The summed E-state index contributed by atoms with van der Waals surface area (Å²) in [5.74, 6) is -0.260. The lowest BCUT2D eigenvalue weighted by Gasteiger charge is -2.13. The van der Waals surface area contributed by atoms with E-state index in [1.54, 1.807) is 14.1 Å². The Morgan fingerprint density at radius 1 is 1.26 bits per heavy atom. The largest absolute Gasteiger partial charge is 0.481 e. The molecule has 0 aliphatic carbocycles. The zero-order valence-electron chi connectivity index (χ0n) is 9.98. The monoisotopic (exact) mass is 345 g/mol. The van der Waals surface area contributed by atoms with Crippen LogP contribution < -0.4 is 4.74 Å². The minimum atomic E-state index is -3.94. The van der Waals surface area contributed by atoms with Crippen molar-refractivity contribution >= 4 is 48.8 Å². The van der Waals surface area contributed by atoms with Gasteiger partial charge in [0.1, 0.15) is 0 Å². The first-order valence-corrected chi connectivity index (χ1v) is 7.96. The lowest BCUT2D eigenvalue weighted by atomic mass is 10.3. The number of benzene rings is 1. The van der Waals surface area contributed by atoms with Crippen molar-refractivity contribution in [3.63, 3.8) is 0 Å². The maximum Gasteiger partial charge on any atom is 0.261 e. The van der Waals surface area contributed by atoms with Crippen molar-refractivity contribution in [2.24, 2.45) is 0 Å². The maximum absolute atomic E-state index is 11.4. The first-order chi connectivity index (χ1) is 8.62. The number of hydrogen-bond donors (Lipinski definition) is 0. The van der Waals surface area contributed by atoms with Crippen LogP contribution in [0.5, 0.6) is 5.75 Å². The Bertz CT molecular complexity index is 578. The SMILES string of the molecule is CN(C)C(=O)COc1c(Cl)cc(S(=O)(=O)Cl)cc1Cl. The molecule has 0 saturated heterocycles. The van der Waals surface area contributed by atoms with Gasteiger partial charge in [0.15, 0.2) is 12.4 Å². The number of amides is 1. The highest BCUT2D eigenvalue weighted by molar-refractivity contribution is 8.13. The van der Waals surface area contributed by atoms with Gasteiger partial charge in [-0.1, -0.05) is 23.2 Å². The van der Waals surface area contributed by atoms with E-state index in [-0.39, 0.29) is 33.2 Å². The van der Waals surface area contributed by atoms with Crippen LogP contribution in [0.4, 0.5) is 0 Å². The quantitative estimate of drug-likeness (QED) is 0.785. The van der Waals surface area contributed by atoms with E-state index in [1.165, 1.54) is 4.90 Å². The highest BCUT2D eigenvalue weighted by Gasteiger charge is 2.18. The van der Waals surface area contributed by atoms with E-state index in [2.05, 4.69) is 0 Å². The normalized spacial score (nSPS) is 11.2. The predicted molar refractivity (Wildman–Crippen MR) is 73.7 cm³/mol. The van der Waals surface area contributed by atoms with Crippen molar-refractivity contribution in [2.45, 2.75) is 4.90 Å². The lowest BCUT2D eigenvalue weighted by Crippen LogP contribution is -2.27. The molecule has 0 fully saturated rings. The Morgan fingerprint density at radius 3 is 2.11 bits per heavy atom. The molecule has 19 heavy (non-hydrogen) atoms. The number of nitrogens with zero attached hydrogens (tertiary/aromatic N) is 1. The summed E-state index contributed by atoms with van der Waals surface area (Å²) in [5, 5.41) is -0.0865. The van der Waals surface area contributed by atoms with Gasteiger partial charge in [-0.25, -0.2) is 8.42 Å². The van der Waals surface area contributed by atoms with Crippen LogP contribution >= 0.6 is 33.9 Å². The van der Waals surface area contributed by atoms with Crippen LogP contribution in [0.15, 0.2) is 17.0 Å². The number of rotatable bonds is 4. The van der Waals surface area contributed by atoms with Crippen molar-refractivity contribution in [1.29, 1.82) is 0 Å². The second-order valence-electron chi connectivity index (χ2n) is 3.73. The van der Waals surface area contributed by atoms with Gasteiger partial charge in [0, 0.05) is 24.8 Å². The molecule has 9 heteroatoms. The standard InChI is InChI=1S/C10H10Cl3NO4S/c1-14(2)9(15)5-18-10-7(11)3-6(4-8(10)12)19(13,16)17/h3-4H,5H2,1-2H3. The molecule has 5 nitrogen and oxygen atoms in total. The molecule has 0 N–H and O–H groups in total. The van der Waals surface area contributed by atoms with Crippen molar-refractivity contribution in [2.75, 3.05) is 20.7 Å². The van der Waals surface area contributed by atoms with Gasteiger partial charge in [-0.2, -0.15) is 0 Å². The minimum absolute atomic E-state index is 0.0302. The van der Waals surface area contributed by atoms with E-state index >= 15 is 0 Å². The molecule has 0 aliphatic heterocycles. The van der Waals surface area contributed by atoms with Gasteiger partial charge in [0.05, 0.1) is 14.9 Å². The fourth-order valence-electron chi connectivity index (χ4n) is 1.08. The van der Waals surface area contributed by atoms with E-state index in [0.717, 1.165) is 12.1 Å². The molecule has 1 aromatic rings. The molecule has 0 aliphatic rings. The molecule has 1 aromatic carbocycles. The zero-order valence-corrected chi connectivity index (χ0v) is 13.1. The number of halogens is 3. The molecule has 1 amide bonds. The molecule has 0 radical (unpaired) electrons. The van der Waals surface area contributed by atoms with Gasteiger partial charge < -0.3 is 9.64 Å². The molecule has 0 atom stereocenters. The summed E-state index contributed by atoms with van der Waals surface area (Å²) in [6.07, 6.45) is 0. The maximum atomic E-state index is 11.4. The van der Waals surface area contributed by atoms with Gasteiger partial charge in [0.25, 0.3) is 15.0 Å². The number of hydrogen-bond acceptors (Lipinski definition) is 4. The van der Waals surface area contributed by atoms with E-state index in [4.69, 9.17) is 38.6 Å². The molecule has 106 valence electrons. The Morgan fingerprint density at radius 2 is 1.74 bits per heavy atom. The summed E-state index contributed by atoms with van der Waals surface area (Å²) >= 11 is 11.7. The Kier molecular flexibility index (Phi) is 5.32. The van der Waals surface area contributed by atoms with Crippen LogP contribution in [0, 0.1) is 0 Å². The van der Waals surface area contributed by atoms with Crippen molar-refractivity contribution in [1.82, 2.24) is 4.90 Å². The average molecular weight is 347 g/mol. The van der Waals surface area contributed by atoms with Gasteiger partial charge in [-0.15, -0.1) is 0 Å². The molecule has 0 unspecified atom stereocenters. The number of carbonyl (C=O) groups is 1. The minimum Gasteiger partial charge on any atom is -0.481 e. The summed E-state index contributed by atoms with van der Waals surface area (Å²) < 4.78 is 27.5. The Hall–Kier alpha value is -0.690. The fraction of sp³-hybridized carbons (Fsp3) is 0.300. The first-order valence-electron chi connectivity index (χ1n) is 4.89. The summed E-state index contributed by atoms with van der Waals surface area (Å²) in [7, 11) is 4.38. The summed E-state index contributed by atoms with van der Waals surface area (Å²) in [6, 6.07) is 2.20. The van der Waals surface area contributed by atoms with Crippen LogP contribution in [0.2, 0.25) is 10.0 Å². The van der Waals surface area contributed by atoms with Gasteiger partial charge in [-0.3, -0.25) is 4.79 Å². The number of ether oxygens (including phenoxy) is 1. The highest BCUT2D eigenvalue weighted by atomic mass is 35.7.